The number of nitrogens with zero attached hydrogens (tertiary/aromatic N) is 3. The number of pyridine rings is 1. The molecule has 27 heavy (non-hydrogen) atoms. The molecule has 0 saturated heterocycles. The summed E-state index contributed by atoms with van der Waals surface area (Å²) in [7, 11) is 0. The largest absolute Gasteiger partial charge is 0.416 e. The second-order valence-corrected chi connectivity index (χ2v) is 5.86. The Hall–Kier alpha value is -3.00. The van der Waals surface area contributed by atoms with Crippen LogP contribution in [0.25, 0.3) is 5.57 Å². The van der Waals surface area contributed by atoms with Crippen LogP contribution in [0.4, 0.5) is 8.78 Å². The van der Waals surface area contributed by atoms with Crippen LogP contribution in [0.1, 0.15) is 28.5 Å². The number of carbonyl (C=O) groups excluding carboxylic acids is 1. The molecular formula is C18H17ClF2N4O2. The van der Waals surface area contributed by atoms with Gasteiger partial charge in [0.25, 0.3) is 5.91 Å². The molecule has 0 aliphatic carbocycles. The van der Waals surface area contributed by atoms with Gasteiger partial charge in [-0.25, -0.2) is 9.97 Å². The molecule has 2 aromatic rings. The van der Waals surface area contributed by atoms with Crippen molar-refractivity contribution in [2.24, 2.45) is 5.73 Å². The molecule has 0 bridgehead atoms. The minimum atomic E-state index is -3.03. The lowest BCUT2D eigenvalue weighted by molar-refractivity contribution is -0.0530. The molecule has 0 aromatic carbocycles. The van der Waals surface area contributed by atoms with Crippen LogP contribution in [0, 0.1) is 0 Å². The van der Waals surface area contributed by atoms with Crippen molar-refractivity contribution >= 4 is 23.1 Å². The van der Waals surface area contributed by atoms with Crippen LogP contribution in [0.5, 0.6) is 5.88 Å². The van der Waals surface area contributed by atoms with Crippen molar-refractivity contribution in [2.45, 2.75) is 20.1 Å². The summed E-state index contributed by atoms with van der Waals surface area (Å²) < 4.78 is 31.4. The van der Waals surface area contributed by atoms with E-state index < -0.39 is 12.5 Å². The zero-order valence-corrected chi connectivity index (χ0v) is 15.2. The predicted molar refractivity (Wildman–Crippen MR) is 98.5 cm³/mol. The Bertz CT molecular complexity index is 907. The lowest BCUT2D eigenvalue weighted by Gasteiger charge is -2.12. The van der Waals surface area contributed by atoms with Gasteiger partial charge in [0.15, 0.2) is 0 Å². The van der Waals surface area contributed by atoms with Crippen molar-refractivity contribution in [3.8, 4) is 5.88 Å². The molecule has 2 heterocycles. The van der Waals surface area contributed by atoms with Gasteiger partial charge in [-0.05, 0) is 36.3 Å². The van der Waals surface area contributed by atoms with Crippen LogP contribution in [-0.2, 0) is 6.54 Å². The van der Waals surface area contributed by atoms with Gasteiger partial charge in [-0.2, -0.15) is 8.78 Å². The highest BCUT2D eigenvalue weighted by Crippen LogP contribution is 2.28. The van der Waals surface area contributed by atoms with Crippen molar-refractivity contribution < 1.29 is 18.3 Å². The molecule has 9 heteroatoms. The number of rotatable bonds is 8. The van der Waals surface area contributed by atoms with Gasteiger partial charge in [0.1, 0.15) is 5.69 Å². The van der Waals surface area contributed by atoms with E-state index in [-0.39, 0.29) is 23.7 Å². The molecule has 1 amide bonds. The SMILES string of the molecule is C=C(/C=C(Cl)\C=C/C)c1cc(Cn2cnc(C(N)=O)c2)cnc1OC(F)F. The van der Waals surface area contributed by atoms with Gasteiger partial charge in [-0.1, -0.05) is 24.3 Å². The number of amides is 1. The number of ether oxygens (including phenoxy) is 1. The van der Waals surface area contributed by atoms with E-state index in [1.807, 2.05) is 0 Å². The predicted octanol–water partition coefficient (Wildman–Crippen LogP) is 3.74. The molecule has 0 unspecified atom stereocenters. The Morgan fingerprint density at radius 2 is 2.22 bits per heavy atom. The molecule has 142 valence electrons. The molecule has 6 nitrogen and oxygen atoms in total. The summed E-state index contributed by atoms with van der Waals surface area (Å²) in [6.07, 6.45) is 9.17. The minimum absolute atomic E-state index is 0.117. The first kappa shape index (κ1) is 20.3. The first-order valence-corrected chi connectivity index (χ1v) is 8.12. The summed E-state index contributed by atoms with van der Waals surface area (Å²) in [5, 5.41) is 0.372. The molecule has 0 radical (unpaired) electrons. The normalized spacial score (nSPS) is 12.0. The van der Waals surface area contributed by atoms with E-state index in [2.05, 4.69) is 21.3 Å². The topological polar surface area (TPSA) is 83.0 Å². The van der Waals surface area contributed by atoms with Gasteiger partial charge in [0.05, 0.1) is 12.9 Å². The number of hydrogen-bond donors (Lipinski definition) is 1. The van der Waals surface area contributed by atoms with E-state index in [1.165, 1.54) is 24.8 Å². The van der Waals surface area contributed by atoms with Gasteiger partial charge < -0.3 is 15.0 Å². The molecule has 0 atom stereocenters. The Morgan fingerprint density at radius 3 is 2.81 bits per heavy atom. The number of alkyl halides is 2. The van der Waals surface area contributed by atoms with E-state index in [9.17, 15) is 13.6 Å². The smallest absolute Gasteiger partial charge is 0.388 e. The highest BCUT2D eigenvalue weighted by Gasteiger charge is 2.14. The molecule has 2 N–H and O–H groups in total. The van der Waals surface area contributed by atoms with Crippen molar-refractivity contribution in [1.82, 2.24) is 14.5 Å². The van der Waals surface area contributed by atoms with E-state index in [1.54, 1.807) is 29.7 Å². The van der Waals surface area contributed by atoms with E-state index in [0.29, 0.717) is 16.2 Å². The van der Waals surface area contributed by atoms with Crippen molar-refractivity contribution in [2.75, 3.05) is 0 Å². The van der Waals surface area contributed by atoms with Gasteiger partial charge in [0.2, 0.25) is 5.88 Å². The molecule has 0 saturated carbocycles. The highest BCUT2D eigenvalue weighted by atomic mass is 35.5. The molecule has 0 aliphatic rings. The van der Waals surface area contributed by atoms with Crippen LogP contribution in [-0.4, -0.2) is 27.1 Å². The third kappa shape index (κ3) is 5.75. The Labute approximate surface area is 159 Å². The Balaban J connectivity index is 2.36. The number of carbonyl (C=O) groups is 1. The zero-order valence-electron chi connectivity index (χ0n) is 14.4. The van der Waals surface area contributed by atoms with Crippen LogP contribution < -0.4 is 10.5 Å². The van der Waals surface area contributed by atoms with Crippen molar-refractivity contribution in [3.05, 3.63) is 71.4 Å². The number of imidazole rings is 1. The van der Waals surface area contributed by atoms with Crippen LogP contribution >= 0.6 is 11.6 Å². The van der Waals surface area contributed by atoms with E-state index in [4.69, 9.17) is 17.3 Å². The number of primary amides is 1. The summed E-state index contributed by atoms with van der Waals surface area (Å²) >= 11 is 6.03. The maximum absolute atomic E-state index is 12.7. The lowest BCUT2D eigenvalue weighted by Crippen LogP contribution is -2.11. The summed E-state index contributed by atoms with van der Waals surface area (Å²) in [6, 6.07) is 1.60. The fourth-order valence-corrected chi connectivity index (χ4v) is 2.48. The number of halogens is 3. The second kappa shape index (κ2) is 9.09. The van der Waals surface area contributed by atoms with E-state index in [0.717, 1.165) is 0 Å². The standard InChI is InChI=1S/C18H17ClF2N4O2/c1-3-4-13(19)5-11(2)14-6-12(7-23-17(14)27-18(20)21)8-25-9-15(16(22)26)24-10-25/h3-7,9-10,18H,2,8H2,1H3,(H2,22,26)/b4-3-,13-5+. The van der Waals surface area contributed by atoms with Crippen molar-refractivity contribution in [3.63, 3.8) is 0 Å². The molecule has 2 aromatic heterocycles. The van der Waals surface area contributed by atoms with Gasteiger partial charge in [-0.3, -0.25) is 4.79 Å². The quantitative estimate of drug-likeness (QED) is 0.691. The summed E-state index contributed by atoms with van der Waals surface area (Å²) in [5.41, 5.74) is 6.56. The molecule has 2 rings (SSSR count). The van der Waals surface area contributed by atoms with Gasteiger partial charge in [-0.15, -0.1) is 0 Å². The number of aromatic nitrogens is 3. The molecule has 0 spiro atoms. The fraction of sp³-hybridized carbons (Fsp3) is 0.167. The summed E-state index contributed by atoms with van der Waals surface area (Å²) in [6.45, 7) is 2.90. The number of allylic oxidation sites excluding steroid dienone is 5. The first-order valence-electron chi connectivity index (χ1n) is 7.74. The molecule has 0 aliphatic heterocycles. The molecular weight excluding hydrogens is 378 g/mol. The Kier molecular flexibility index (Phi) is 6.84. The van der Waals surface area contributed by atoms with Gasteiger partial charge in [0, 0.05) is 23.0 Å². The van der Waals surface area contributed by atoms with Gasteiger partial charge >= 0.3 is 6.61 Å². The third-order valence-electron chi connectivity index (χ3n) is 3.34. The fourth-order valence-electron chi connectivity index (χ4n) is 2.23. The second-order valence-electron chi connectivity index (χ2n) is 5.42. The average molecular weight is 395 g/mol. The molecule has 0 fully saturated rings. The Morgan fingerprint density at radius 1 is 1.48 bits per heavy atom. The third-order valence-corrected chi connectivity index (χ3v) is 3.58. The van der Waals surface area contributed by atoms with Crippen LogP contribution in [0.2, 0.25) is 0 Å². The van der Waals surface area contributed by atoms with Crippen LogP contribution in [0.15, 0.2) is 54.6 Å². The summed E-state index contributed by atoms with van der Waals surface area (Å²) in [5.74, 6) is -0.909. The van der Waals surface area contributed by atoms with E-state index >= 15 is 0 Å². The highest BCUT2D eigenvalue weighted by molar-refractivity contribution is 6.31. The number of nitrogens with two attached hydrogens (primary N) is 1. The zero-order chi connectivity index (χ0) is 20.0. The minimum Gasteiger partial charge on any atom is -0.416 e. The first-order chi connectivity index (χ1) is 12.8. The monoisotopic (exact) mass is 394 g/mol. The number of hydrogen-bond acceptors (Lipinski definition) is 4. The van der Waals surface area contributed by atoms with Crippen LogP contribution in [0.3, 0.4) is 0 Å². The summed E-state index contributed by atoms with van der Waals surface area (Å²) in [4.78, 5) is 19.0. The maximum Gasteiger partial charge on any atom is 0.388 e. The average Bonchev–Trinajstić information content (AvgIpc) is 3.04. The van der Waals surface area contributed by atoms with Crippen molar-refractivity contribution in [1.29, 1.82) is 0 Å². The maximum atomic E-state index is 12.7. The lowest BCUT2D eigenvalue weighted by atomic mass is 10.1.